The lowest BCUT2D eigenvalue weighted by Crippen LogP contribution is -2.25. The Balaban J connectivity index is 1.61. The van der Waals surface area contributed by atoms with E-state index in [-0.39, 0.29) is 17.0 Å². The summed E-state index contributed by atoms with van der Waals surface area (Å²) in [4.78, 5) is 30.1. The van der Waals surface area contributed by atoms with Crippen LogP contribution in [0.4, 0.5) is 14.5 Å². The van der Waals surface area contributed by atoms with E-state index >= 15 is 0 Å². The highest BCUT2D eigenvalue weighted by Gasteiger charge is 2.15. The topological polar surface area (TPSA) is 64.0 Å². The molecule has 0 aliphatic rings. The van der Waals surface area contributed by atoms with Gasteiger partial charge in [-0.15, -0.1) is 0 Å². The van der Waals surface area contributed by atoms with Gasteiger partial charge >= 0.3 is 0 Å². The SMILES string of the molecule is Cc1ccc(Cn2c(SCC(=O)Nc3cc(F)ccc3F)nc3ccccc3c2=O)cc1. The smallest absolute Gasteiger partial charge is 0.262 e. The zero-order valence-corrected chi connectivity index (χ0v) is 18.0. The maximum Gasteiger partial charge on any atom is 0.262 e. The fourth-order valence-corrected chi connectivity index (χ4v) is 3.98. The van der Waals surface area contributed by atoms with Crippen LogP contribution in [0, 0.1) is 18.6 Å². The molecule has 0 saturated heterocycles. The van der Waals surface area contributed by atoms with Crippen molar-refractivity contribution in [1.29, 1.82) is 0 Å². The first-order valence-corrected chi connectivity index (χ1v) is 10.8. The molecule has 0 unspecified atom stereocenters. The lowest BCUT2D eigenvalue weighted by Gasteiger charge is -2.13. The molecule has 1 N–H and O–H groups in total. The number of thioether (sulfide) groups is 1. The van der Waals surface area contributed by atoms with Crippen LogP contribution in [0.2, 0.25) is 0 Å². The van der Waals surface area contributed by atoms with Crippen LogP contribution in [-0.4, -0.2) is 21.2 Å². The van der Waals surface area contributed by atoms with Gasteiger partial charge < -0.3 is 5.32 Å². The van der Waals surface area contributed by atoms with Crippen LogP contribution in [0.5, 0.6) is 0 Å². The average Bonchev–Trinajstić information content (AvgIpc) is 2.78. The van der Waals surface area contributed by atoms with E-state index in [1.807, 2.05) is 31.2 Å². The number of carbonyl (C=O) groups excluding carboxylic acids is 1. The van der Waals surface area contributed by atoms with Crippen LogP contribution in [0.3, 0.4) is 0 Å². The van der Waals surface area contributed by atoms with Crippen molar-refractivity contribution >= 4 is 34.3 Å². The van der Waals surface area contributed by atoms with Crippen molar-refractivity contribution < 1.29 is 13.6 Å². The van der Waals surface area contributed by atoms with E-state index in [2.05, 4.69) is 10.3 Å². The quantitative estimate of drug-likeness (QED) is 0.339. The molecule has 0 fully saturated rings. The van der Waals surface area contributed by atoms with Crippen molar-refractivity contribution in [3.63, 3.8) is 0 Å². The minimum Gasteiger partial charge on any atom is -0.323 e. The minimum atomic E-state index is -0.732. The van der Waals surface area contributed by atoms with Gasteiger partial charge in [0.1, 0.15) is 11.6 Å². The zero-order valence-electron chi connectivity index (χ0n) is 17.1. The van der Waals surface area contributed by atoms with Gasteiger partial charge in [0.2, 0.25) is 5.91 Å². The van der Waals surface area contributed by atoms with E-state index < -0.39 is 17.5 Å². The second-order valence-electron chi connectivity index (χ2n) is 7.25. The van der Waals surface area contributed by atoms with Gasteiger partial charge in [0, 0.05) is 6.07 Å². The molecule has 0 radical (unpaired) electrons. The van der Waals surface area contributed by atoms with Crippen molar-refractivity contribution in [3.8, 4) is 0 Å². The first kappa shape index (κ1) is 21.7. The number of para-hydroxylation sites is 1. The van der Waals surface area contributed by atoms with Crippen molar-refractivity contribution in [2.75, 3.05) is 11.1 Å². The number of amides is 1. The molecule has 4 aromatic rings. The molecule has 1 heterocycles. The van der Waals surface area contributed by atoms with Crippen molar-refractivity contribution in [2.24, 2.45) is 0 Å². The van der Waals surface area contributed by atoms with Crippen LogP contribution in [0.25, 0.3) is 10.9 Å². The summed E-state index contributed by atoms with van der Waals surface area (Å²) in [5.74, 6) is -2.06. The number of fused-ring (bicyclic) bond motifs is 1. The standard InChI is InChI=1S/C24H19F2N3O2S/c1-15-6-8-16(9-7-15)13-29-23(31)18-4-2-3-5-20(18)28-24(29)32-14-22(30)27-21-12-17(25)10-11-19(21)26/h2-12H,13-14H2,1H3,(H,27,30). The molecule has 0 spiro atoms. The number of carbonyl (C=O) groups is 1. The van der Waals surface area contributed by atoms with Gasteiger partial charge in [0.15, 0.2) is 5.16 Å². The summed E-state index contributed by atoms with van der Waals surface area (Å²) in [6.07, 6.45) is 0. The normalized spacial score (nSPS) is 11.0. The second-order valence-corrected chi connectivity index (χ2v) is 8.19. The average molecular weight is 451 g/mol. The summed E-state index contributed by atoms with van der Waals surface area (Å²) >= 11 is 1.06. The summed E-state index contributed by atoms with van der Waals surface area (Å²) in [5, 5.41) is 3.21. The van der Waals surface area contributed by atoms with Crippen LogP contribution >= 0.6 is 11.8 Å². The van der Waals surface area contributed by atoms with E-state index in [0.29, 0.717) is 22.6 Å². The van der Waals surface area contributed by atoms with Crippen molar-refractivity contribution in [2.45, 2.75) is 18.6 Å². The molecule has 162 valence electrons. The number of hydrogen-bond donors (Lipinski definition) is 1. The molecular weight excluding hydrogens is 432 g/mol. The highest BCUT2D eigenvalue weighted by molar-refractivity contribution is 7.99. The summed E-state index contributed by atoms with van der Waals surface area (Å²) in [6, 6.07) is 17.6. The fourth-order valence-electron chi connectivity index (χ4n) is 3.18. The maximum absolute atomic E-state index is 13.8. The molecule has 3 aromatic carbocycles. The largest absolute Gasteiger partial charge is 0.323 e. The Morgan fingerprint density at radius 1 is 1.06 bits per heavy atom. The number of benzene rings is 3. The van der Waals surface area contributed by atoms with Gasteiger partial charge in [-0.3, -0.25) is 14.2 Å². The van der Waals surface area contributed by atoms with E-state index in [9.17, 15) is 18.4 Å². The van der Waals surface area contributed by atoms with Crippen LogP contribution in [0.15, 0.2) is 76.7 Å². The monoisotopic (exact) mass is 451 g/mol. The molecular formula is C24H19F2N3O2S. The lowest BCUT2D eigenvalue weighted by molar-refractivity contribution is -0.113. The third-order valence-electron chi connectivity index (χ3n) is 4.82. The number of aryl methyl sites for hydroxylation is 1. The zero-order chi connectivity index (χ0) is 22.7. The molecule has 1 aromatic heterocycles. The van der Waals surface area contributed by atoms with Gasteiger partial charge in [-0.2, -0.15) is 0 Å². The Kier molecular flexibility index (Phi) is 6.32. The Hall–Kier alpha value is -3.52. The summed E-state index contributed by atoms with van der Waals surface area (Å²) < 4.78 is 28.7. The molecule has 0 bridgehead atoms. The van der Waals surface area contributed by atoms with Gasteiger partial charge in [-0.1, -0.05) is 53.7 Å². The number of rotatable bonds is 6. The van der Waals surface area contributed by atoms with Crippen LogP contribution in [-0.2, 0) is 11.3 Å². The Bertz CT molecular complexity index is 1350. The number of nitrogens with zero attached hydrogens (tertiary/aromatic N) is 2. The molecule has 1 amide bonds. The molecule has 32 heavy (non-hydrogen) atoms. The predicted molar refractivity (Wildman–Crippen MR) is 122 cm³/mol. The molecule has 0 saturated carbocycles. The summed E-state index contributed by atoms with van der Waals surface area (Å²) in [6.45, 7) is 2.27. The highest BCUT2D eigenvalue weighted by Crippen LogP contribution is 2.21. The predicted octanol–water partition coefficient (Wildman–Crippen LogP) is 4.76. The van der Waals surface area contributed by atoms with E-state index in [1.165, 1.54) is 4.57 Å². The maximum atomic E-state index is 13.8. The van der Waals surface area contributed by atoms with E-state index in [4.69, 9.17) is 0 Å². The molecule has 0 aliphatic carbocycles. The highest BCUT2D eigenvalue weighted by atomic mass is 32.2. The van der Waals surface area contributed by atoms with Crippen molar-refractivity contribution in [3.05, 3.63) is 99.8 Å². The fraction of sp³-hybridized carbons (Fsp3) is 0.125. The molecule has 4 rings (SSSR count). The number of nitrogens with one attached hydrogen (secondary N) is 1. The Morgan fingerprint density at radius 3 is 2.59 bits per heavy atom. The van der Waals surface area contributed by atoms with Gasteiger partial charge in [0.05, 0.1) is 28.9 Å². The first-order valence-electron chi connectivity index (χ1n) is 9.83. The third-order valence-corrected chi connectivity index (χ3v) is 5.80. The van der Waals surface area contributed by atoms with Gasteiger partial charge in [-0.05, 0) is 36.8 Å². The second kappa shape index (κ2) is 9.32. The first-order chi connectivity index (χ1) is 15.4. The number of aromatic nitrogens is 2. The minimum absolute atomic E-state index is 0.130. The molecule has 5 nitrogen and oxygen atoms in total. The Morgan fingerprint density at radius 2 is 1.81 bits per heavy atom. The third kappa shape index (κ3) is 4.86. The summed E-state index contributed by atoms with van der Waals surface area (Å²) in [5.41, 5.74) is 2.10. The van der Waals surface area contributed by atoms with Crippen LogP contribution < -0.4 is 10.9 Å². The van der Waals surface area contributed by atoms with E-state index in [0.717, 1.165) is 41.1 Å². The molecule has 0 aliphatic heterocycles. The van der Waals surface area contributed by atoms with E-state index in [1.54, 1.807) is 24.3 Å². The summed E-state index contributed by atoms with van der Waals surface area (Å²) in [7, 11) is 0. The van der Waals surface area contributed by atoms with Crippen LogP contribution in [0.1, 0.15) is 11.1 Å². The number of anilines is 1. The van der Waals surface area contributed by atoms with Gasteiger partial charge in [0.25, 0.3) is 5.56 Å². The number of halogens is 2. The molecule has 0 atom stereocenters. The molecule has 8 heteroatoms. The number of hydrogen-bond acceptors (Lipinski definition) is 4. The van der Waals surface area contributed by atoms with Crippen molar-refractivity contribution in [1.82, 2.24) is 9.55 Å². The Labute approximate surface area is 187 Å². The lowest BCUT2D eigenvalue weighted by atomic mass is 10.1. The van der Waals surface area contributed by atoms with Gasteiger partial charge in [-0.25, -0.2) is 13.8 Å².